The number of ether oxygens (including phenoxy) is 1. The van der Waals surface area contributed by atoms with Gasteiger partial charge >= 0.3 is 0 Å². The predicted molar refractivity (Wildman–Crippen MR) is 69.9 cm³/mol. The first kappa shape index (κ1) is 20.3. The van der Waals surface area contributed by atoms with Gasteiger partial charge in [-0.2, -0.15) is 0 Å². The number of hydrogen-bond acceptors (Lipinski definition) is 11. The zero-order valence-corrected chi connectivity index (χ0v) is 12.0. The van der Waals surface area contributed by atoms with Crippen molar-refractivity contribution in [2.45, 2.75) is 54.4 Å². The summed E-state index contributed by atoms with van der Waals surface area (Å²) in [5.41, 5.74) is -3.01. The smallest absolute Gasteiger partial charge is 0.177 e. The van der Waals surface area contributed by atoms with Gasteiger partial charge in [0.15, 0.2) is 11.9 Å². The average molecular weight is 342 g/mol. The summed E-state index contributed by atoms with van der Waals surface area (Å²) in [5, 5.41) is 86.1. The molecule has 0 saturated carbocycles. The Labute approximate surface area is 130 Å². The topological polar surface area (TPSA) is 208 Å². The summed E-state index contributed by atoms with van der Waals surface area (Å²) < 4.78 is 4.96. The highest BCUT2D eigenvalue weighted by Crippen LogP contribution is 2.31. The van der Waals surface area contributed by atoms with Crippen molar-refractivity contribution in [3.05, 3.63) is 0 Å². The number of carbonyl (C=O) groups is 1. The van der Waals surface area contributed by atoms with E-state index >= 15 is 0 Å². The van der Waals surface area contributed by atoms with Crippen molar-refractivity contribution in [2.24, 2.45) is 0 Å². The van der Waals surface area contributed by atoms with Crippen LogP contribution in [-0.4, -0.2) is 120 Å². The van der Waals surface area contributed by atoms with Crippen molar-refractivity contribution in [2.75, 3.05) is 13.2 Å². The molecule has 0 spiro atoms. The SMILES string of the molecule is O=C[C@@](O)(C1O[C@H](CO)[C@@H](O)[C@H](O)[C@H]1O)[C@@H](O)[C@H](O)[C@H](O)CO. The molecule has 11 nitrogen and oxygen atoms in total. The lowest BCUT2D eigenvalue weighted by Gasteiger charge is -2.47. The molecule has 9 N–H and O–H groups in total. The van der Waals surface area contributed by atoms with Gasteiger partial charge in [-0.3, -0.25) is 4.79 Å². The summed E-state index contributed by atoms with van der Waals surface area (Å²) in [6, 6.07) is 0. The van der Waals surface area contributed by atoms with Crippen molar-refractivity contribution in [1.82, 2.24) is 0 Å². The van der Waals surface area contributed by atoms with E-state index in [1.54, 1.807) is 0 Å². The Balaban J connectivity index is 3.12. The number of aliphatic hydroxyl groups is 9. The highest BCUT2D eigenvalue weighted by atomic mass is 16.6. The Kier molecular flexibility index (Phi) is 6.97. The standard InChI is InChI=1S/C12H22O11/c13-1-4(16)6(17)10(21)12(22,3-15)11-9(20)8(19)7(18)5(2-14)23-11/h3-11,13-14,16-22H,1-2H2/t4-,5-,6-,7-,8+,9-,10+,11?,12+/m1/s1. The quantitative estimate of drug-likeness (QED) is 0.199. The molecule has 0 bridgehead atoms. The summed E-state index contributed by atoms with van der Waals surface area (Å²) in [6.07, 6.45) is -16.0. The molecule has 1 unspecified atom stereocenters. The Bertz CT molecular complexity index is 391. The van der Waals surface area contributed by atoms with Crippen molar-refractivity contribution in [1.29, 1.82) is 0 Å². The molecular formula is C12H22O11. The van der Waals surface area contributed by atoms with Crippen LogP contribution < -0.4 is 0 Å². The summed E-state index contributed by atoms with van der Waals surface area (Å²) >= 11 is 0. The first-order valence-electron chi connectivity index (χ1n) is 6.79. The monoisotopic (exact) mass is 342 g/mol. The van der Waals surface area contributed by atoms with Gasteiger partial charge in [-0.15, -0.1) is 0 Å². The molecule has 0 radical (unpaired) electrons. The third kappa shape index (κ3) is 3.69. The van der Waals surface area contributed by atoms with Gasteiger partial charge in [0.05, 0.1) is 13.2 Å². The van der Waals surface area contributed by atoms with Crippen LogP contribution in [0.15, 0.2) is 0 Å². The van der Waals surface area contributed by atoms with E-state index < -0.39 is 67.6 Å². The molecule has 11 heteroatoms. The molecule has 0 aromatic rings. The minimum atomic E-state index is -3.01. The van der Waals surface area contributed by atoms with Crippen LogP contribution in [0.25, 0.3) is 0 Å². The molecule has 1 saturated heterocycles. The number of carbonyl (C=O) groups excluding carboxylic acids is 1. The van der Waals surface area contributed by atoms with E-state index in [9.17, 15) is 40.5 Å². The third-order valence-corrected chi connectivity index (χ3v) is 3.92. The predicted octanol–water partition coefficient (Wildman–Crippen LogP) is -6.17. The average Bonchev–Trinajstić information content (AvgIpc) is 2.57. The Morgan fingerprint density at radius 1 is 1.04 bits per heavy atom. The first-order chi connectivity index (χ1) is 10.6. The molecule has 0 aromatic heterocycles. The fourth-order valence-electron chi connectivity index (χ4n) is 2.38. The van der Waals surface area contributed by atoms with Crippen LogP contribution in [0.4, 0.5) is 0 Å². The van der Waals surface area contributed by atoms with E-state index in [4.69, 9.17) is 14.9 Å². The molecule has 0 aromatic carbocycles. The van der Waals surface area contributed by atoms with Crippen LogP contribution in [-0.2, 0) is 9.53 Å². The lowest BCUT2D eigenvalue weighted by molar-refractivity contribution is -0.283. The van der Waals surface area contributed by atoms with Crippen LogP contribution in [0.5, 0.6) is 0 Å². The van der Waals surface area contributed by atoms with E-state index in [2.05, 4.69) is 0 Å². The van der Waals surface area contributed by atoms with Gasteiger partial charge in [-0.1, -0.05) is 0 Å². The van der Waals surface area contributed by atoms with Gasteiger partial charge in [0.2, 0.25) is 0 Å². The van der Waals surface area contributed by atoms with Gasteiger partial charge in [0.1, 0.15) is 48.8 Å². The molecule has 136 valence electrons. The van der Waals surface area contributed by atoms with Crippen LogP contribution in [0.2, 0.25) is 0 Å². The molecule has 1 fully saturated rings. The Morgan fingerprint density at radius 2 is 1.61 bits per heavy atom. The lowest BCUT2D eigenvalue weighted by Crippen LogP contribution is -2.70. The van der Waals surface area contributed by atoms with Gasteiger partial charge in [-0.25, -0.2) is 0 Å². The largest absolute Gasteiger partial charge is 0.394 e. The summed E-state index contributed by atoms with van der Waals surface area (Å²) in [7, 11) is 0. The van der Waals surface area contributed by atoms with E-state index in [0.29, 0.717) is 0 Å². The van der Waals surface area contributed by atoms with Gasteiger partial charge < -0.3 is 50.7 Å². The Morgan fingerprint density at radius 3 is 2.04 bits per heavy atom. The molecule has 1 aliphatic heterocycles. The zero-order valence-electron chi connectivity index (χ0n) is 12.0. The molecule has 0 amide bonds. The van der Waals surface area contributed by atoms with Crippen LogP contribution in [0.1, 0.15) is 0 Å². The third-order valence-electron chi connectivity index (χ3n) is 3.92. The van der Waals surface area contributed by atoms with Crippen molar-refractivity contribution >= 4 is 6.29 Å². The second-order valence-electron chi connectivity index (χ2n) is 5.44. The normalized spacial score (nSPS) is 38.4. The van der Waals surface area contributed by atoms with Gasteiger partial charge in [0, 0.05) is 0 Å². The van der Waals surface area contributed by atoms with Crippen LogP contribution in [0, 0.1) is 0 Å². The summed E-state index contributed by atoms with van der Waals surface area (Å²) in [5.74, 6) is 0. The van der Waals surface area contributed by atoms with Crippen LogP contribution in [0.3, 0.4) is 0 Å². The number of aliphatic hydroxyl groups excluding tert-OH is 8. The fourth-order valence-corrected chi connectivity index (χ4v) is 2.38. The molecule has 1 heterocycles. The van der Waals surface area contributed by atoms with E-state index in [0.717, 1.165) is 0 Å². The minimum absolute atomic E-state index is 0.280. The van der Waals surface area contributed by atoms with E-state index in [1.807, 2.05) is 0 Å². The molecule has 9 atom stereocenters. The highest BCUT2D eigenvalue weighted by Gasteiger charge is 2.57. The molecule has 1 rings (SSSR count). The summed E-state index contributed by atoms with van der Waals surface area (Å²) in [4.78, 5) is 11.2. The second kappa shape index (κ2) is 7.90. The lowest BCUT2D eigenvalue weighted by atomic mass is 9.80. The molecule has 0 aliphatic carbocycles. The van der Waals surface area contributed by atoms with E-state index in [-0.39, 0.29) is 6.29 Å². The number of hydrogen-bond donors (Lipinski definition) is 9. The highest BCUT2D eigenvalue weighted by molar-refractivity contribution is 5.65. The van der Waals surface area contributed by atoms with Crippen LogP contribution >= 0.6 is 0 Å². The minimum Gasteiger partial charge on any atom is -0.394 e. The summed E-state index contributed by atoms with van der Waals surface area (Å²) in [6.45, 7) is -1.84. The number of aldehydes is 1. The Hall–Kier alpha value is -0.730. The maximum Gasteiger partial charge on any atom is 0.177 e. The maximum absolute atomic E-state index is 11.2. The second-order valence-corrected chi connectivity index (χ2v) is 5.44. The fraction of sp³-hybridized carbons (Fsp3) is 0.917. The van der Waals surface area contributed by atoms with Crippen molar-refractivity contribution in [3.63, 3.8) is 0 Å². The number of rotatable bonds is 7. The molecule has 1 aliphatic rings. The van der Waals surface area contributed by atoms with Gasteiger partial charge in [0.25, 0.3) is 0 Å². The van der Waals surface area contributed by atoms with Gasteiger partial charge in [-0.05, 0) is 0 Å². The molecular weight excluding hydrogens is 320 g/mol. The van der Waals surface area contributed by atoms with E-state index in [1.165, 1.54) is 0 Å². The zero-order chi connectivity index (χ0) is 17.9. The molecule has 23 heavy (non-hydrogen) atoms. The first-order valence-corrected chi connectivity index (χ1v) is 6.79. The van der Waals surface area contributed by atoms with Crippen molar-refractivity contribution in [3.8, 4) is 0 Å². The maximum atomic E-state index is 11.2. The van der Waals surface area contributed by atoms with Crippen molar-refractivity contribution < 1.29 is 55.5 Å².